The Balaban J connectivity index is 1.19. The normalized spacial score (nSPS) is 20.2. The molecule has 2 aliphatic rings. The minimum absolute atomic E-state index is 0.0385. The van der Waals surface area contributed by atoms with E-state index in [1.165, 1.54) is 0 Å². The first-order chi connectivity index (χ1) is 17.5. The van der Waals surface area contributed by atoms with Gasteiger partial charge in [-0.3, -0.25) is 9.59 Å². The van der Waals surface area contributed by atoms with Gasteiger partial charge in [0.05, 0.1) is 6.04 Å². The van der Waals surface area contributed by atoms with E-state index >= 15 is 0 Å². The molecule has 2 amide bonds. The lowest BCUT2D eigenvalue weighted by atomic mass is 10.0. The summed E-state index contributed by atoms with van der Waals surface area (Å²) in [5.41, 5.74) is 4.80. The van der Waals surface area contributed by atoms with Gasteiger partial charge in [-0.05, 0) is 60.9 Å². The Kier molecular flexibility index (Phi) is 7.19. The molecule has 0 aromatic heterocycles. The SMILES string of the molecule is Cc1cccc(C)c1C(=O)N1C[C@H]2CN(CC[C@H](NC(=O)c3ccccc3)c3ccccc3)C[C@H]2C1. The van der Waals surface area contributed by atoms with E-state index in [1.54, 1.807) is 0 Å². The Bertz CT molecular complexity index is 1180. The molecule has 5 heteroatoms. The van der Waals surface area contributed by atoms with Gasteiger partial charge in [0, 0.05) is 43.9 Å². The molecule has 5 rings (SSSR count). The maximum absolute atomic E-state index is 13.3. The molecule has 2 saturated heterocycles. The van der Waals surface area contributed by atoms with E-state index in [4.69, 9.17) is 0 Å². The second-order valence-corrected chi connectivity index (χ2v) is 10.3. The lowest BCUT2D eigenvalue weighted by molar-refractivity contribution is 0.0772. The van der Waals surface area contributed by atoms with Crippen molar-refractivity contribution in [2.45, 2.75) is 26.3 Å². The minimum Gasteiger partial charge on any atom is -0.345 e. The van der Waals surface area contributed by atoms with Crippen molar-refractivity contribution in [1.82, 2.24) is 15.1 Å². The number of amides is 2. The van der Waals surface area contributed by atoms with Crippen molar-refractivity contribution in [3.05, 3.63) is 107 Å². The first-order valence-electron chi connectivity index (χ1n) is 13.0. The number of nitrogens with zero attached hydrogens (tertiary/aromatic N) is 2. The number of likely N-dealkylation sites (tertiary alicyclic amines) is 2. The van der Waals surface area contributed by atoms with Crippen molar-refractivity contribution in [3.8, 4) is 0 Å². The van der Waals surface area contributed by atoms with Gasteiger partial charge in [-0.1, -0.05) is 66.7 Å². The first kappa shape index (κ1) is 24.3. The van der Waals surface area contributed by atoms with Crippen LogP contribution in [0.2, 0.25) is 0 Å². The number of carbonyl (C=O) groups is 2. The predicted molar refractivity (Wildman–Crippen MR) is 143 cm³/mol. The number of benzene rings is 3. The van der Waals surface area contributed by atoms with Crippen LogP contribution in [0.25, 0.3) is 0 Å². The number of aryl methyl sites for hydroxylation is 2. The molecule has 3 atom stereocenters. The average Bonchev–Trinajstić information content (AvgIpc) is 3.46. The fourth-order valence-corrected chi connectivity index (χ4v) is 5.90. The molecular weight excluding hydrogens is 446 g/mol. The molecule has 3 aromatic carbocycles. The molecule has 36 heavy (non-hydrogen) atoms. The highest BCUT2D eigenvalue weighted by Crippen LogP contribution is 2.33. The van der Waals surface area contributed by atoms with E-state index < -0.39 is 0 Å². The molecule has 1 N–H and O–H groups in total. The molecule has 0 saturated carbocycles. The summed E-state index contributed by atoms with van der Waals surface area (Å²) in [7, 11) is 0. The topological polar surface area (TPSA) is 52.7 Å². The van der Waals surface area contributed by atoms with Crippen LogP contribution in [0.3, 0.4) is 0 Å². The molecule has 0 radical (unpaired) electrons. The van der Waals surface area contributed by atoms with Crippen molar-refractivity contribution in [3.63, 3.8) is 0 Å². The number of fused-ring (bicyclic) bond motifs is 1. The molecule has 3 aromatic rings. The molecule has 0 bridgehead atoms. The van der Waals surface area contributed by atoms with Crippen molar-refractivity contribution in [2.75, 3.05) is 32.7 Å². The summed E-state index contributed by atoms with van der Waals surface area (Å²) < 4.78 is 0. The van der Waals surface area contributed by atoms with Crippen molar-refractivity contribution in [1.29, 1.82) is 0 Å². The Morgan fingerprint density at radius 2 is 1.39 bits per heavy atom. The van der Waals surface area contributed by atoms with Gasteiger partial charge in [0.2, 0.25) is 0 Å². The van der Waals surface area contributed by atoms with Crippen LogP contribution < -0.4 is 5.32 Å². The highest BCUT2D eigenvalue weighted by molar-refractivity contribution is 5.97. The molecule has 0 aliphatic carbocycles. The lowest BCUT2D eigenvalue weighted by Crippen LogP contribution is -2.35. The Morgan fingerprint density at radius 3 is 2.00 bits per heavy atom. The summed E-state index contributed by atoms with van der Waals surface area (Å²) in [4.78, 5) is 30.7. The fourth-order valence-electron chi connectivity index (χ4n) is 5.90. The van der Waals surface area contributed by atoms with E-state index in [0.29, 0.717) is 17.4 Å². The number of carbonyl (C=O) groups excluding carboxylic acids is 2. The molecular formula is C31H35N3O2. The van der Waals surface area contributed by atoms with Crippen LogP contribution in [-0.2, 0) is 0 Å². The van der Waals surface area contributed by atoms with Crippen LogP contribution in [0.4, 0.5) is 0 Å². The van der Waals surface area contributed by atoms with Gasteiger partial charge < -0.3 is 15.1 Å². The minimum atomic E-state index is -0.0403. The highest BCUT2D eigenvalue weighted by atomic mass is 16.2. The van der Waals surface area contributed by atoms with Crippen LogP contribution in [0.15, 0.2) is 78.9 Å². The van der Waals surface area contributed by atoms with Gasteiger partial charge in [0.1, 0.15) is 0 Å². The Morgan fingerprint density at radius 1 is 0.806 bits per heavy atom. The third kappa shape index (κ3) is 5.21. The molecule has 2 fully saturated rings. The summed E-state index contributed by atoms with van der Waals surface area (Å²) in [5.74, 6) is 1.18. The van der Waals surface area contributed by atoms with Gasteiger partial charge in [0.25, 0.3) is 11.8 Å². The molecule has 0 spiro atoms. The van der Waals surface area contributed by atoms with Crippen LogP contribution >= 0.6 is 0 Å². The quantitative estimate of drug-likeness (QED) is 0.524. The van der Waals surface area contributed by atoms with E-state index in [9.17, 15) is 9.59 Å². The summed E-state index contributed by atoms with van der Waals surface area (Å²) in [5, 5.41) is 3.26. The van der Waals surface area contributed by atoms with Gasteiger partial charge in [-0.15, -0.1) is 0 Å². The maximum atomic E-state index is 13.3. The average molecular weight is 482 g/mol. The molecule has 186 valence electrons. The molecule has 2 heterocycles. The van der Waals surface area contributed by atoms with Gasteiger partial charge in [-0.25, -0.2) is 0 Å². The van der Waals surface area contributed by atoms with Crippen LogP contribution in [0.5, 0.6) is 0 Å². The van der Waals surface area contributed by atoms with Crippen molar-refractivity contribution < 1.29 is 9.59 Å². The molecule has 2 aliphatic heterocycles. The third-order valence-electron chi connectivity index (χ3n) is 7.82. The first-order valence-corrected chi connectivity index (χ1v) is 13.0. The summed E-state index contributed by atoms with van der Waals surface area (Å²) in [6.45, 7) is 8.66. The zero-order valence-electron chi connectivity index (χ0n) is 21.2. The van der Waals surface area contributed by atoms with Crippen LogP contribution in [0.1, 0.15) is 49.9 Å². The van der Waals surface area contributed by atoms with Crippen LogP contribution in [0, 0.1) is 25.7 Å². The van der Waals surface area contributed by atoms with Gasteiger partial charge in [-0.2, -0.15) is 0 Å². The number of rotatable bonds is 7. The zero-order valence-corrected chi connectivity index (χ0v) is 21.2. The largest absolute Gasteiger partial charge is 0.345 e. The smallest absolute Gasteiger partial charge is 0.254 e. The summed E-state index contributed by atoms with van der Waals surface area (Å²) in [6.07, 6.45) is 0.854. The second kappa shape index (κ2) is 10.7. The van der Waals surface area contributed by atoms with E-state index in [0.717, 1.165) is 61.4 Å². The monoisotopic (exact) mass is 481 g/mol. The number of nitrogens with one attached hydrogen (secondary N) is 1. The van der Waals surface area contributed by atoms with E-state index in [2.05, 4.69) is 27.2 Å². The standard InChI is InChI=1S/C31H35N3O2/c1-22-10-9-11-23(2)29(22)31(36)34-20-26-18-33(19-27(26)21-34)17-16-28(24-12-5-3-6-13-24)32-30(35)25-14-7-4-8-15-25/h3-15,26-28H,16-21H2,1-2H3,(H,32,35)/t26-,27+,28-/m0/s1. The third-order valence-corrected chi connectivity index (χ3v) is 7.82. The van der Waals surface area contributed by atoms with Gasteiger partial charge >= 0.3 is 0 Å². The Hall–Kier alpha value is -3.44. The molecule has 0 unspecified atom stereocenters. The summed E-state index contributed by atoms with van der Waals surface area (Å²) in [6, 6.07) is 25.7. The Labute approximate surface area is 214 Å². The van der Waals surface area contributed by atoms with Crippen molar-refractivity contribution >= 4 is 11.8 Å². The lowest BCUT2D eigenvalue weighted by Gasteiger charge is -2.25. The van der Waals surface area contributed by atoms with E-state index in [-0.39, 0.29) is 17.9 Å². The fraction of sp³-hybridized carbons (Fsp3) is 0.355. The maximum Gasteiger partial charge on any atom is 0.254 e. The van der Waals surface area contributed by atoms with Crippen LogP contribution in [-0.4, -0.2) is 54.3 Å². The predicted octanol–water partition coefficient (Wildman–Crippen LogP) is 4.87. The second-order valence-electron chi connectivity index (χ2n) is 10.3. The number of hydrogen-bond donors (Lipinski definition) is 1. The summed E-state index contributed by atoms with van der Waals surface area (Å²) >= 11 is 0. The van der Waals surface area contributed by atoms with Crippen molar-refractivity contribution in [2.24, 2.45) is 11.8 Å². The molecule has 5 nitrogen and oxygen atoms in total. The van der Waals surface area contributed by atoms with E-state index in [1.807, 2.05) is 80.6 Å². The van der Waals surface area contributed by atoms with Gasteiger partial charge in [0.15, 0.2) is 0 Å². The zero-order chi connectivity index (χ0) is 25.1. The number of hydrogen-bond acceptors (Lipinski definition) is 3. The highest BCUT2D eigenvalue weighted by Gasteiger charge is 2.42.